The lowest BCUT2D eigenvalue weighted by Gasteiger charge is -2.14. The molecule has 0 bridgehead atoms. The molecule has 9 heteroatoms. The fourth-order valence-corrected chi connectivity index (χ4v) is 3.81. The van der Waals surface area contributed by atoms with Gasteiger partial charge in [-0.2, -0.15) is 0 Å². The molecule has 0 radical (unpaired) electrons. The van der Waals surface area contributed by atoms with Crippen LogP contribution in [0, 0.1) is 5.82 Å². The average Bonchev–Trinajstić information content (AvgIpc) is 3.15. The number of ether oxygens (including phenoxy) is 1. The maximum absolute atomic E-state index is 13.3. The molecule has 1 amide bonds. The highest BCUT2D eigenvalue weighted by atomic mass is 35.5. The second-order valence-electron chi connectivity index (χ2n) is 6.50. The van der Waals surface area contributed by atoms with Gasteiger partial charge in [-0.15, -0.1) is 10.2 Å². The molecule has 1 heterocycles. The monoisotopic (exact) mass is 448 g/mol. The first-order chi connectivity index (χ1) is 14.5. The number of hydrogen-bond acceptors (Lipinski definition) is 5. The molecule has 0 saturated carbocycles. The van der Waals surface area contributed by atoms with Crippen LogP contribution in [0.4, 0.5) is 4.39 Å². The Balaban J connectivity index is 1.55. The third-order valence-corrected chi connectivity index (χ3v) is 5.63. The zero-order valence-corrected chi connectivity index (χ0v) is 18.2. The van der Waals surface area contributed by atoms with Gasteiger partial charge in [0.2, 0.25) is 5.91 Å². The summed E-state index contributed by atoms with van der Waals surface area (Å²) >= 11 is 7.09. The Labute approximate surface area is 183 Å². The van der Waals surface area contributed by atoms with Crippen molar-refractivity contribution >= 4 is 29.3 Å². The number of thioether (sulfide) groups is 1. The number of rotatable bonds is 9. The molecule has 1 unspecified atom stereocenters. The minimum absolute atomic E-state index is 0.00329. The van der Waals surface area contributed by atoms with E-state index in [4.69, 9.17) is 16.3 Å². The molecule has 0 aliphatic heterocycles. The van der Waals surface area contributed by atoms with Gasteiger partial charge in [-0.05, 0) is 31.5 Å². The zero-order chi connectivity index (χ0) is 21.5. The lowest BCUT2D eigenvalue weighted by molar-refractivity contribution is -0.119. The first kappa shape index (κ1) is 22.1. The molecule has 0 spiro atoms. The number of aromatic nitrogens is 3. The van der Waals surface area contributed by atoms with Crippen LogP contribution in [0.5, 0.6) is 5.75 Å². The van der Waals surface area contributed by atoms with Crippen molar-refractivity contribution in [1.29, 1.82) is 0 Å². The molecule has 30 heavy (non-hydrogen) atoms. The van der Waals surface area contributed by atoms with E-state index in [-0.39, 0.29) is 29.3 Å². The summed E-state index contributed by atoms with van der Waals surface area (Å²) in [6.07, 6.45) is 0. The van der Waals surface area contributed by atoms with Crippen molar-refractivity contribution in [3.63, 3.8) is 0 Å². The van der Waals surface area contributed by atoms with Gasteiger partial charge in [0, 0.05) is 12.6 Å². The van der Waals surface area contributed by atoms with Crippen molar-refractivity contribution in [2.24, 2.45) is 0 Å². The van der Waals surface area contributed by atoms with Gasteiger partial charge in [0.25, 0.3) is 0 Å². The number of nitrogens with one attached hydrogen (secondary N) is 1. The molecule has 2 aromatic carbocycles. The Bertz CT molecular complexity index is 1000. The normalized spacial score (nSPS) is 11.9. The van der Waals surface area contributed by atoms with Gasteiger partial charge < -0.3 is 14.6 Å². The summed E-state index contributed by atoms with van der Waals surface area (Å²) in [6.45, 7) is 4.69. The smallest absolute Gasteiger partial charge is 0.230 e. The van der Waals surface area contributed by atoms with Crippen molar-refractivity contribution < 1.29 is 13.9 Å². The number of hydrogen-bond donors (Lipinski definition) is 1. The molecule has 1 N–H and O–H groups in total. The molecule has 0 aliphatic rings. The standard InChI is InChI=1S/C21H22ClFN4O2S/c1-3-27-19(12-29-16-9-10-18(23)17(22)11-16)25-26-21(27)30-13-20(28)24-14(2)15-7-5-4-6-8-15/h4-11,14H,3,12-13H2,1-2H3,(H,24,28). The van der Waals surface area contributed by atoms with Crippen LogP contribution in [0.25, 0.3) is 0 Å². The lowest BCUT2D eigenvalue weighted by Crippen LogP contribution is -2.28. The van der Waals surface area contributed by atoms with Crippen LogP contribution in [-0.2, 0) is 17.9 Å². The molecule has 6 nitrogen and oxygen atoms in total. The quantitative estimate of drug-likeness (QED) is 0.483. The van der Waals surface area contributed by atoms with Gasteiger partial charge >= 0.3 is 0 Å². The Morgan fingerprint density at radius 3 is 2.73 bits per heavy atom. The predicted octanol–water partition coefficient (Wildman–Crippen LogP) is 4.64. The number of nitrogens with zero attached hydrogens (tertiary/aromatic N) is 3. The highest BCUT2D eigenvalue weighted by Crippen LogP contribution is 2.23. The van der Waals surface area contributed by atoms with Gasteiger partial charge in [-0.1, -0.05) is 53.7 Å². The van der Waals surface area contributed by atoms with E-state index in [0.717, 1.165) is 5.56 Å². The summed E-state index contributed by atoms with van der Waals surface area (Å²) in [5, 5.41) is 11.9. The van der Waals surface area contributed by atoms with Crippen LogP contribution in [0.3, 0.4) is 0 Å². The molecule has 158 valence electrons. The van der Waals surface area contributed by atoms with Gasteiger partial charge in [0.1, 0.15) is 18.2 Å². The minimum atomic E-state index is -0.501. The topological polar surface area (TPSA) is 69.0 Å². The SMILES string of the molecule is CCn1c(COc2ccc(F)c(Cl)c2)nnc1SCC(=O)NC(C)c1ccccc1. The Kier molecular flexibility index (Phi) is 7.70. The van der Waals surface area contributed by atoms with E-state index in [9.17, 15) is 9.18 Å². The van der Waals surface area contributed by atoms with E-state index < -0.39 is 5.82 Å². The second-order valence-corrected chi connectivity index (χ2v) is 7.85. The van der Waals surface area contributed by atoms with Gasteiger partial charge in [0.05, 0.1) is 16.8 Å². The number of carbonyl (C=O) groups is 1. The molecule has 1 atom stereocenters. The molecule has 3 aromatic rings. The summed E-state index contributed by atoms with van der Waals surface area (Å²) in [4.78, 5) is 12.3. The van der Waals surface area contributed by atoms with Gasteiger partial charge in [-0.3, -0.25) is 4.79 Å². The number of halogens is 2. The number of benzene rings is 2. The van der Waals surface area contributed by atoms with Crippen molar-refractivity contribution in [3.05, 3.63) is 70.8 Å². The fraction of sp³-hybridized carbons (Fsp3) is 0.286. The third kappa shape index (κ3) is 5.73. The molecule has 3 rings (SSSR count). The summed E-state index contributed by atoms with van der Waals surface area (Å²) in [5.74, 6) is 0.693. The molecular weight excluding hydrogens is 427 g/mol. The molecular formula is C21H22ClFN4O2S. The van der Waals surface area contributed by atoms with Crippen molar-refractivity contribution in [2.45, 2.75) is 38.2 Å². The summed E-state index contributed by atoms with van der Waals surface area (Å²) in [6, 6.07) is 13.9. The molecule has 0 saturated heterocycles. The summed E-state index contributed by atoms with van der Waals surface area (Å²) < 4.78 is 20.8. The van der Waals surface area contributed by atoms with E-state index in [1.165, 1.54) is 30.0 Å². The van der Waals surface area contributed by atoms with Crippen LogP contribution in [0.2, 0.25) is 5.02 Å². The second kappa shape index (κ2) is 10.4. The first-order valence-corrected chi connectivity index (χ1v) is 10.8. The maximum atomic E-state index is 13.3. The van der Waals surface area contributed by atoms with E-state index in [1.54, 1.807) is 0 Å². The van der Waals surface area contributed by atoms with Crippen molar-refractivity contribution in [2.75, 3.05) is 5.75 Å². The van der Waals surface area contributed by atoms with E-state index in [2.05, 4.69) is 15.5 Å². The van der Waals surface area contributed by atoms with Crippen LogP contribution in [0.15, 0.2) is 53.7 Å². The van der Waals surface area contributed by atoms with Crippen LogP contribution >= 0.6 is 23.4 Å². The molecule has 0 fully saturated rings. The largest absolute Gasteiger partial charge is 0.486 e. The highest BCUT2D eigenvalue weighted by molar-refractivity contribution is 7.99. The molecule has 1 aromatic heterocycles. The van der Waals surface area contributed by atoms with Gasteiger partial charge in [0.15, 0.2) is 11.0 Å². The summed E-state index contributed by atoms with van der Waals surface area (Å²) in [5.41, 5.74) is 1.05. The lowest BCUT2D eigenvalue weighted by atomic mass is 10.1. The van der Waals surface area contributed by atoms with Crippen molar-refractivity contribution in [3.8, 4) is 5.75 Å². The predicted molar refractivity (Wildman–Crippen MR) is 115 cm³/mol. The Hall–Kier alpha value is -2.58. The van der Waals surface area contributed by atoms with Crippen LogP contribution in [-0.4, -0.2) is 26.4 Å². The highest BCUT2D eigenvalue weighted by Gasteiger charge is 2.15. The maximum Gasteiger partial charge on any atom is 0.230 e. The van der Waals surface area contributed by atoms with Crippen LogP contribution in [0.1, 0.15) is 31.3 Å². The fourth-order valence-electron chi connectivity index (χ4n) is 2.80. The van der Waals surface area contributed by atoms with Gasteiger partial charge in [-0.25, -0.2) is 4.39 Å². The van der Waals surface area contributed by atoms with E-state index in [1.807, 2.05) is 48.7 Å². The summed E-state index contributed by atoms with van der Waals surface area (Å²) in [7, 11) is 0. The average molecular weight is 449 g/mol. The molecule has 0 aliphatic carbocycles. The Morgan fingerprint density at radius 2 is 2.03 bits per heavy atom. The third-order valence-electron chi connectivity index (χ3n) is 4.38. The van der Waals surface area contributed by atoms with E-state index >= 15 is 0 Å². The zero-order valence-electron chi connectivity index (χ0n) is 16.6. The van der Waals surface area contributed by atoms with Crippen molar-refractivity contribution in [1.82, 2.24) is 20.1 Å². The van der Waals surface area contributed by atoms with Crippen LogP contribution < -0.4 is 10.1 Å². The number of carbonyl (C=O) groups excluding carboxylic acids is 1. The first-order valence-electron chi connectivity index (χ1n) is 9.45. The Morgan fingerprint density at radius 1 is 1.27 bits per heavy atom. The number of amides is 1. The van der Waals surface area contributed by atoms with E-state index in [0.29, 0.717) is 23.3 Å². The minimum Gasteiger partial charge on any atom is -0.486 e.